The van der Waals surface area contributed by atoms with E-state index in [0.717, 1.165) is 6.29 Å². The summed E-state index contributed by atoms with van der Waals surface area (Å²) in [5.41, 5.74) is 0.896. The van der Waals surface area contributed by atoms with Crippen molar-refractivity contribution in [2.45, 2.75) is 6.54 Å². The van der Waals surface area contributed by atoms with E-state index in [1.807, 2.05) is 0 Å². The van der Waals surface area contributed by atoms with E-state index in [1.165, 1.54) is 18.4 Å². The molecule has 10 nitrogen and oxygen atoms in total. The zero-order chi connectivity index (χ0) is 26.5. The largest absolute Gasteiger partial charge is 0.484 e. The number of aldehydes is 1. The van der Waals surface area contributed by atoms with Crippen LogP contribution >= 0.6 is 0 Å². The van der Waals surface area contributed by atoms with Crippen molar-refractivity contribution in [2.24, 2.45) is 0 Å². The number of carbonyl (C=O) groups excluding carboxylic acids is 2. The molecule has 2 aromatic heterocycles. The molecular weight excluding hydrogens is 500 g/mol. The second kappa shape index (κ2) is 11.1. The average Bonchev–Trinajstić information content (AvgIpc) is 3.63. The molecule has 0 spiro atoms. The molecule has 0 aliphatic carbocycles. The van der Waals surface area contributed by atoms with Gasteiger partial charge in [0.15, 0.2) is 18.2 Å². The molecule has 5 rings (SSSR count). The van der Waals surface area contributed by atoms with Gasteiger partial charge in [0.1, 0.15) is 41.3 Å². The molecule has 3 heterocycles. The van der Waals surface area contributed by atoms with Crippen molar-refractivity contribution in [3.8, 4) is 17.0 Å². The standard InChI is InChI=1S/C26H23F2N5O5/c27-21-11-18(23-13-20(38-30-23)14-29-24-5-10-37-31-24)12-22(28)26(21)33-8-6-32(7-9-33)25(35)16-36-19-3-1-17(15-34)2-4-19/h1-5,10-13,15H,6-9,14,16H2,(H,29,31). The van der Waals surface area contributed by atoms with Crippen molar-refractivity contribution in [3.63, 3.8) is 0 Å². The fraction of sp³-hybridized carbons (Fsp3) is 0.231. The van der Waals surface area contributed by atoms with Gasteiger partial charge in [-0.1, -0.05) is 10.3 Å². The van der Waals surface area contributed by atoms with Crippen LogP contribution in [0.4, 0.5) is 20.3 Å². The van der Waals surface area contributed by atoms with Gasteiger partial charge in [0.05, 0.1) is 6.54 Å². The van der Waals surface area contributed by atoms with Crippen LogP contribution in [0, 0.1) is 11.6 Å². The Morgan fingerprint density at radius 3 is 2.42 bits per heavy atom. The summed E-state index contributed by atoms with van der Waals surface area (Å²) in [6.07, 6.45) is 2.14. The summed E-state index contributed by atoms with van der Waals surface area (Å²) in [5.74, 6) is -0.253. The molecule has 0 bridgehead atoms. The highest BCUT2D eigenvalue weighted by molar-refractivity contribution is 5.78. The predicted octanol–water partition coefficient (Wildman–Crippen LogP) is 3.76. The van der Waals surface area contributed by atoms with E-state index in [0.29, 0.717) is 28.6 Å². The van der Waals surface area contributed by atoms with Crippen LogP contribution in [-0.4, -0.2) is 60.2 Å². The van der Waals surface area contributed by atoms with Gasteiger partial charge in [-0.25, -0.2) is 8.78 Å². The van der Waals surface area contributed by atoms with E-state index in [2.05, 4.69) is 15.6 Å². The third-order valence-electron chi connectivity index (χ3n) is 6.08. The van der Waals surface area contributed by atoms with Gasteiger partial charge in [0.25, 0.3) is 5.91 Å². The van der Waals surface area contributed by atoms with E-state index in [9.17, 15) is 9.59 Å². The lowest BCUT2D eigenvalue weighted by Gasteiger charge is -2.36. The van der Waals surface area contributed by atoms with Crippen LogP contribution in [0.25, 0.3) is 11.3 Å². The number of carbonyl (C=O) groups is 2. The lowest BCUT2D eigenvalue weighted by atomic mass is 10.1. The normalized spacial score (nSPS) is 13.4. The number of rotatable bonds is 9. The maximum atomic E-state index is 15.0. The Labute approximate surface area is 215 Å². The minimum absolute atomic E-state index is 0.149. The molecule has 1 aliphatic rings. The molecule has 4 aromatic rings. The second-order valence-corrected chi connectivity index (χ2v) is 8.55. The van der Waals surface area contributed by atoms with E-state index >= 15 is 8.78 Å². The minimum atomic E-state index is -0.729. The first-order valence-corrected chi connectivity index (χ1v) is 11.8. The van der Waals surface area contributed by atoms with Crippen molar-refractivity contribution < 1.29 is 32.2 Å². The number of ether oxygens (including phenoxy) is 1. The SMILES string of the molecule is O=Cc1ccc(OCC(=O)N2CCN(c3c(F)cc(-c4cc(CNc5ccon5)on4)cc3F)CC2)cc1. The molecule has 0 saturated carbocycles. The smallest absolute Gasteiger partial charge is 0.260 e. The van der Waals surface area contributed by atoms with Gasteiger partial charge in [-0.05, 0) is 36.4 Å². The van der Waals surface area contributed by atoms with Crippen LogP contribution < -0.4 is 15.0 Å². The van der Waals surface area contributed by atoms with Crippen LogP contribution in [0.1, 0.15) is 16.1 Å². The van der Waals surface area contributed by atoms with Crippen molar-refractivity contribution in [1.82, 2.24) is 15.2 Å². The minimum Gasteiger partial charge on any atom is -0.484 e. The lowest BCUT2D eigenvalue weighted by molar-refractivity contribution is -0.133. The predicted molar refractivity (Wildman–Crippen MR) is 132 cm³/mol. The van der Waals surface area contributed by atoms with Crippen LogP contribution in [0.2, 0.25) is 0 Å². The Morgan fingerprint density at radius 2 is 1.76 bits per heavy atom. The first kappa shape index (κ1) is 24.9. The maximum Gasteiger partial charge on any atom is 0.260 e. The van der Waals surface area contributed by atoms with Crippen molar-refractivity contribution >= 4 is 23.7 Å². The highest BCUT2D eigenvalue weighted by Gasteiger charge is 2.26. The van der Waals surface area contributed by atoms with E-state index < -0.39 is 11.6 Å². The molecule has 0 radical (unpaired) electrons. The number of piperazine rings is 1. The van der Waals surface area contributed by atoms with Crippen molar-refractivity contribution in [3.05, 3.63) is 77.8 Å². The zero-order valence-corrected chi connectivity index (χ0v) is 20.1. The topological polar surface area (TPSA) is 114 Å². The summed E-state index contributed by atoms with van der Waals surface area (Å²) in [4.78, 5) is 26.4. The Bertz CT molecular complexity index is 1380. The number of hydrogen-bond acceptors (Lipinski definition) is 9. The number of hydrogen-bond donors (Lipinski definition) is 1. The van der Waals surface area contributed by atoms with Crippen molar-refractivity contribution in [2.75, 3.05) is 43.0 Å². The summed E-state index contributed by atoms with van der Waals surface area (Å²) in [5, 5.41) is 10.6. The summed E-state index contributed by atoms with van der Waals surface area (Å²) in [6.45, 7) is 1.19. The molecule has 0 unspecified atom stereocenters. The Kier molecular flexibility index (Phi) is 7.29. The number of amides is 1. The number of nitrogens with zero attached hydrogens (tertiary/aromatic N) is 4. The van der Waals surface area contributed by atoms with Gasteiger partial charge in [0.2, 0.25) is 0 Å². The van der Waals surface area contributed by atoms with E-state index in [-0.39, 0.29) is 56.5 Å². The summed E-state index contributed by atoms with van der Waals surface area (Å²) in [7, 11) is 0. The van der Waals surface area contributed by atoms with Crippen molar-refractivity contribution in [1.29, 1.82) is 0 Å². The molecule has 1 aliphatic heterocycles. The molecular formula is C26H23F2N5O5. The van der Waals surface area contributed by atoms with Crippen LogP contribution in [0.5, 0.6) is 5.75 Å². The molecule has 1 N–H and O–H groups in total. The maximum absolute atomic E-state index is 15.0. The number of anilines is 2. The molecule has 12 heteroatoms. The molecule has 0 atom stereocenters. The number of halogens is 2. The quantitative estimate of drug-likeness (QED) is 0.328. The number of nitrogens with one attached hydrogen (secondary N) is 1. The first-order valence-electron chi connectivity index (χ1n) is 11.8. The molecule has 1 amide bonds. The molecule has 1 fully saturated rings. The highest BCUT2D eigenvalue weighted by Crippen LogP contribution is 2.30. The number of benzene rings is 2. The first-order chi connectivity index (χ1) is 18.5. The zero-order valence-electron chi connectivity index (χ0n) is 20.1. The van der Waals surface area contributed by atoms with Gasteiger partial charge >= 0.3 is 0 Å². The van der Waals surface area contributed by atoms with Gasteiger partial charge in [0, 0.05) is 49.4 Å². The van der Waals surface area contributed by atoms with E-state index in [4.69, 9.17) is 13.8 Å². The molecule has 1 saturated heterocycles. The monoisotopic (exact) mass is 523 g/mol. The Morgan fingerprint density at radius 1 is 1.03 bits per heavy atom. The van der Waals surface area contributed by atoms with Gasteiger partial charge in [-0.2, -0.15) is 0 Å². The second-order valence-electron chi connectivity index (χ2n) is 8.55. The lowest BCUT2D eigenvalue weighted by Crippen LogP contribution is -2.50. The van der Waals surface area contributed by atoms with Gasteiger partial charge in [-0.15, -0.1) is 0 Å². The summed E-state index contributed by atoms with van der Waals surface area (Å²) >= 11 is 0. The molecule has 2 aromatic carbocycles. The third-order valence-corrected chi connectivity index (χ3v) is 6.08. The summed E-state index contributed by atoms with van der Waals surface area (Å²) in [6, 6.07) is 12.1. The molecule has 196 valence electrons. The van der Waals surface area contributed by atoms with Crippen LogP contribution in [-0.2, 0) is 11.3 Å². The average molecular weight is 523 g/mol. The summed E-state index contributed by atoms with van der Waals surface area (Å²) < 4.78 is 45.6. The molecule has 38 heavy (non-hydrogen) atoms. The van der Waals surface area contributed by atoms with E-state index in [1.54, 1.807) is 46.2 Å². The Hall–Kier alpha value is -4.74. The van der Waals surface area contributed by atoms with Crippen LogP contribution in [0.3, 0.4) is 0 Å². The fourth-order valence-electron chi connectivity index (χ4n) is 4.09. The van der Waals surface area contributed by atoms with Gasteiger partial charge in [-0.3, -0.25) is 9.59 Å². The fourth-order valence-corrected chi connectivity index (χ4v) is 4.09. The Balaban J connectivity index is 1.17. The van der Waals surface area contributed by atoms with Crippen LogP contribution in [0.15, 0.2) is 63.8 Å². The third kappa shape index (κ3) is 5.64. The number of aromatic nitrogens is 2. The van der Waals surface area contributed by atoms with Gasteiger partial charge < -0.3 is 28.9 Å². The highest BCUT2D eigenvalue weighted by atomic mass is 19.1.